The number of hydrogen-bond donors (Lipinski definition) is 1. The molecule has 0 aromatic rings. The summed E-state index contributed by atoms with van der Waals surface area (Å²) in [7, 11) is 0. The average molecular weight is 294 g/mol. The second-order valence-corrected chi connectivity index (χ2v) is 7.46. The standard InChI is InChI=1S/C17H30N2O2/c1-16(8-7-13-21-16)15(20)18-17(9-3-2-4-10-17)14-19-11-5-6-12-19/h2-14H2,1H3,(H,18,20)/t16-/m0/s1. The summed E-state index contributed by atoms with van der Waals surface area (Å²) in [4.78, 5) is 15.3. The number of ether oxygens (including phenoxy) is 1. The highest BCUT2D eigenvalue weighted by Crippen LogP contribution is 2.32. The van der Waals surface area contributed by atoms with Crippen LogP contribution in [-0.4, -0.2) is 48.2 Å². The third-order valence-corrected chi connectivity index (χ3v) is 5.61. The fraction of sp³-hybridized carbons (Fsp3) is 0.941. The number of likely N-dealkylation sites (tertiary alicyclic amines) is 1. The van der Waals surface area contributed by atoms with Gasteiger partial charge in [-0.25, -0.2) is 0 Å². The minimum atomic E-state index is -0.588. The summed E-state index contributed by atoms with van der Waals surface area (Å²) in [5, 5.41) is 3.44. The van der Waals surface area contributed by atoms with E-state index in [4.69, 9.17) is 4.74 Å². The van der Waals surface area contributed by atoms with Crippen molar-refractivity contribution < 1.29 is 9.53 Å². The molecule has 0 radical (unpaired) electrons. The molecule has 1 atom stereocenters. The maximum absolute atomic E-state index is 12.8. The van der Waals surface area contributed by atoms with E-state index < -0.39 is 5.60 Å². The van der Waals surface area contributed by atoms with Crippen LogP contribution in [0.25, 0.3) is 0 Å². The van der Waals surface area contributed by atoms with Gasteiger partial charge in [0.25, 0.3) is 5.91 Å². The number of amides is 1. The van der Waals surface area contributed by atoms with Crippen molar-refractivity contribution >= 4 is 5.91 Å². The first-order chi connectivity index (χ1) is 10.1. The van der Waals surface area contributed by atoms with E-state index in [0.717, 1.165) is 38.8 Å². The predicted molar refractivity (Wildman–Crippen MR) is 83.2 cm³/mol. The Labute approximate surface area is 128 Å². The first-order valence-corrected chi connectivity index (χ1v) is 8.81. The van der Waals surface area contributed by atoms with Gasteiger partial charge in [-0.15, -0.1) is 0 Å². The fourth-order valence-corrected chi connectivity index (χ4v) is 4.25. The van der Waals surface area contributed by atoms with E-state index in [-0.39, 0.29) is 11.4 Å². The summed E-state index contributed by atoms with van der Waals surface area (Å²) in [5.74, 6) is 0.126. The molecule has 2 heterocycles. The molecule has 0 spiro atoms. The zero-order valence-electron chi connectivity index (χ0n) is 13.5. The quantitative estimate of drug-likeness (QED) is 0.866. The smallest absolute Gasteiger partial charge is 0.252 e. The first-order valence-electron chi connectivity index (χ1n) is 8.81. The van der Waals surface area contributed by atoms with Crippen LogP contribution in [0.15, 0.2) is 0 Å². The van der Waals surface area contributed by atoms with Crippen molar-refractivity contribution in [1.82, 2.24) is 10.2 Å². The van der Waals surface area contributed by atoms with E-state index >= 15 is 0 Å². The molecule has 4 heteroatoms. The van der Waals surface area contributed by atoms with Gasteiger partial charge >= 0.3 is 0 Å². The molecule has 1 N–H and O–H groups in total. The minimum Gasteiger partial charge on any atom is -0.365 e. The molecule has 1 saturated carbocycles. The molecule has 0 aromatic carbocycles. The predicted octanol–water partition coefficient (Wildman–Crippen LogP) is 2.47. The average Bonchev–Trinajstić information content (AvgIpc) is 3.12. The van der Waals surface area contributed by atoms with Crippen molar-refractivity contribution in [2.45, 2.75) is 75.9 Å². The molecule has 0 unspecified atom stereocenters. The van der Waals surface area contributed by atoms with Gasteiger partial charge in [0.15, 0.2) is 0 Å². The van der Waals surface area contributed by atoms with Crippen molar-refractivity contribution in [2.75, 3.05) is 26.2 Å². The largest absolute Gasteiger partial charge is 0.365 e. The second kappa shape index (κ2) is 6.25. The number of nitrogens with zero attached hydrogens (tertiary/aromatic N) is 1. The van der Waals surface area contributed by atoms with Gasteiger partial charge in [0.05, 0.1) is 5.54 Å². The van der Waals surface area contributed by atoms with Crippen molar-refractivity contribution in [3.05, 3.63) is 0 Å². The van der Waals surface area contributed by atoms with Crippen LogP contribution in [0.3, 0.4) is 0 Å². The lowest BCUT2D eigenvalue weighted by Crippen LogP contribution is -2.60. The lowest BCUT2D eigenvalue weighted by Gasteiger charge is -2.42. The normalized spacial score (nSPS) is 33.2. The van der Waals surface area contributed by atoms with E-state index in [9.17, 15) is 4.79 Å². The number of nitrogens with one attached hydrogen (secondary N) is 1. The monoisotopic (exact) mass is 294 g/mol. The number of hydrogen-bond acceptors (Lipinski definition) is 3. The van der Waals surface area contributed by atoms with Gasteiger partial charge in [0, 0.05) is 13.2 Å². The van der Waals surface area contributed by atoms with Crippen molar-refractivity contribution in [2.24, 2.45) is 0 Å². The van der Waals surface area contributed by atoms with Crippen LogP contribution in [0, 0.1) is 0 Å². The van der Waals surface area contributed by atoms with Gasteiger partial charge in [-0.05, 0) is 58.5 Å². The van der Waals surface area contributed by atoms with E-state index in [0.29, 0.717) is 0 Å². The molecule has 21 heavy (non-hydrogen) atoms. The highest BCUT2D eigenvalue weighted by Gasteiger charge is 2.43. The van der Waals surface area contributed by atoms with Crippen LogP contribution in [0.5, 0.6) is 0 Å². The molecule has 0 aromatic heterocycles. The number of carbonyl (C=O) groups is 1. The van der Waals surface area contributed by atoms with Gasteiger partial charge in [-0.2, -0.15) is 0 Å². The highest BCUT2D eigenvalue weighted by atomic mass is 16.5. The molecule has 3 rings (SSSR count). The van der Waals surface area contributed by atoms with Gasteiger partial charge in [-0.3, -0.25) is 4.79 Å². The molecular weight excluding hydrogens is 264 g/mol. The van der Waals surface area contributed by atoms with E-state index in [2.05, 4.69) is 10.2 Å². The lowest BCUT2D eigenvalue weighted by atomic mass is 9.80. The summed E-state index contributed by atoms with van der Waals surface area (Å²) in [6.45, 7) is 6.12. The van der Waals surface area contributed by atoms with Crippen LogP contribution in [0.4, 0.5) is 0 Å². The van der Waals surface area contributed by atoms with Crippen LogP contribution >= 0.6 is 0 Å². The first kappa shape index (κ1) is 15.3. The van der Waals surface area contributed by atoms with Crippen LogP contribution in [0.1, 0.15) is 64.7 Å². The van der Waals surface area contributed by atoms with Gasteiger partial charge in [0.1, 0.15) is 5.60 Å². The minimum absolute atomic E-state index is 0.00532. The number of carbonyl (C=O) groups excluding carboxylic acids is 1. The Balaban J connectivity index is 1.67. The Morgan fingerprint density at radius 2 is 1.76 bits per heavy atom. The maximum atomic E-state index is 12.8. The summed E-state index contributed by atoms with van der Waals surface area (Å²) in [5.41, 5.74) is -0.593. The van der Waals surface area contributed by atoms with Crippen molar-refractivity contribution in [3.8, 4) is 0 Å². The molecule has 3 aliphatic rings. The SMILES string of the molecule is C[C@@]1(C(=O)NC2(CN3CCCC3)CCCCC2)CCCO1. The van der Waals surface area contributed by atoms with Crippen LogP contribution < -0.4 is 5.32 Å². The summed E-state index contributed by atoms with van der Waals surface area (Å²) >= 11 is 0. The van der Waals surface area contributed by atoms with Crippen molar-refractivity contribution in [1.29, 1.82) is 0 Å². The summed E-state index contributed by atoms with van der Waals surface area (Å²) in [6, 6.07) is 0. The molecule has 2 saturated heterocycles. The maximum Gasteiger partial charge on any atom is 0.252 e. The molecule has 120 valence electrons. The Bertz CT molecular complexity index is 365. The van der Waals surface area contributed by atoms with Crippen LogP contribution in [-0.2, 0) is 9.53 Å². The lowest BCUT2D eigenvalue weighted by molar-refractivity contribution is -0.142. The zero-order chi connectivity index (χ0) is 14.8. The Morgan fingerprint density at radius 3 is 2.38 bits per heavy atom. The van der Waals surface area contributed by atoms with E-state index in [1.807, 2.05) is 6.92 Å². The Morgan fingerprint density at radius 1 is 1.05 bits per heavy atom. The summed E-state index contributed by atoms with van der Waals surface area (Å²) in [6.07, 6.45) is 10.5. The molecule has 1 aliphatic carbocycles. The molecular formula is C17H30N2O2. The molecule has 2 aliphatic heterocycles. The van der Waals surface area contributed by atoms with Gasteiger partial charge in [0.2, 0.25) is 0 Å². The summed E-state index contributed by atoms with van der Waals surface area (Å²) < 4.78 is 5.73. The Kier molecular flexibility index (Phi) is 4.55. The fourth-order valence-electron chi connectivity index (χ4n) is 4.25. The van der Waals surface area contributed by atoms with Crippen LogP contribution in [0.2, 0.25) is 0 Å². The van der Waals surface area contributed by atoms with E-state index in [1.54, 1.807) is 0 Å². The molecule has 1 amide bonds. The van der Waals surface area contributed by atoms with Gasteiger partial charge in [-0.1, -0.05) is 19.3 Å². The highest BCUT2D eigenvalue weighted by molar-refractivity contribution is 5.85. The van der Waals surface area contributed by atoms with E-state index in [1.165, 1.54) is 45.2 Å². The molecule has 3 fully saturated rings. The number of rotatable bonds is 4. The second-order valence-electron chi connectivity index (χ2n) is 7.46. The molecule has 0 bridgehead atoms. The third-order valence-electron chi connectivity index (χ3n) is 5.61. The zero-order valence-corrected chi connectivity index (χ0v) is 13.5. The van der Waals surface area contributed by atoms with Gasteiger partial charge < -0.3 is 15.0 Å². The Hall–Kier alpha value is -0.610. The molecule has 4 nitrogen and oxygen atoms in total. The van der Waals surface area contributed by atoms with Crippen molar-refractivity contribution in [3.63, 3.8) is 0 Å². The third kappa shape index (κ3) is 3.42. The topological polar surface area (TPSA) is 41.6 Å².